The van der Waals surface area contributed by atoms with Crippen LogP contribution in [-0.4, -0.2) is 48.9 Å². The van der Waals surface area contributed by atoms with E-state index in [9.17, 15) is 0 Å². The van der Waals surface area contributed by atoms with Crippen molar-refractivity contribution in [1.29, 1.82) is 0 Å². The van der Waals surface area contributed by atoms with Crippen molar-refractivity contribution >= 4 is 0 Å². The summed E-state index contributed by atoms with van der Waals surface area (Å²) in [5.74, 6) is 3.62. The molecule has 1 aliphatic rings. The lowest BCUT2D eigenvalue weighted by atomic mass is 10.1. The lowest BCUT2D eigenvalue weighted by molar-refractivity contribution is 0.285. The molecule has 0 N–H and O–H groups in total. The summed E-state index contributed by atoms with van der Waals surface area (Å²) in [6, 6.07) is 12.0. The van der Waals surface area contributed by atoms with Crippen LogP contribution in [0.5, 0.6) is 11.6 Å². The second kappa shape index (κ2) is 8.93. The quantitative estimate of drug-likeness (QED) is 0.406. The Kier molecular flexibility index (Phi) is 5.68. The fraction of sp³-hybridized carbons (Fsp3) is 0.333. The van der Waals surface area contributed by atoms with Crippen molar-refractivity contribution in [2.45, 2.75) is 32.7 Å². The Morgan fingerprint density at radius 3 is 2.58 bits per heavy atom. The third-order valence-corrected chi connectivity index (χ3v) is 5.89. The number of ether oxygens (including phenoxy) is 2. The van der Waals surface area contributed by atoms with E-state index < -0.39 is 0 Å². The first kappa shape index (κ1) is 21.0. The van der Waals surface area contributed by atoms with Gasteiger partial charge in [-0.25, -0.2) is 9.67 Å². The van der Waals surface area contributed by atoms with E-state index in [1.807, 2.05) is 56.4 Å². The average Bonchev–Trinajstić information content (AvgIpc) is 3.48. The summed E-state index contributed by atoms with van der Waals surface area (Å²) in [6.45, 7) is 5.18. The van der Waals surface area contributed by atoms with Crippen LogP contribution >= 0.6 is 0 Å². The molecule has 33 heavy (non-hydrogen) atoms. The highest BCUT2D eigenvalue weighted by molar-refractivity contribution is 5.70. The molecule has 2 atom stereocenters. The molecule has 3 aromatic heterocycles. The number of aromatic nitrogens is 7. The SMILES string of the molecule is CCn1nnnc1-c1ccc(-c2cnc(C)nc2OCC2CC2c2ccc(OC)cn2)cc1. The summed E-state index contributed by atoms with van der Waals surface area (Å²) < 4.78 is 13.2. The van der Waals surface area contributed by atoms with Gasteiger partial charge in [0.05, 0.1) is 25.5 Å². The number of pyridine rings is 1. The molecule has 0 saturated heterocycles. The van der Waals surface area contributed by atoms with Crippen LogP contribution in [0, 0.1) is 12.8 Å². The molecule has 2 unspecified atom stereocenters. The van der Waals surface area contributed by atoms with Gasteiger partial charge in [-0.3, -0.25) is 4.98 Å². The Hall–Kier alpha value is -3.88. The smallest absolute Gasteiger partial charge is 0.224 e. The Morgan fingerprint density at radius 2 is 1.85 bits per heavy atom. The second-order valence-corrected chi connectivity index (χ2v) is 8.07. The topological polar surface area (TPSA) is 101 Å². The van der Waals surface area contributed by atoms with Gasteiger partial charge in [0, 0.05) is 35.8 Å². The molecule has 0 amide bonds. The van der Waals surface area contributed by atoms with Crippen molar-refractivity contribution in [3.63, 3.8) is 0 Å². The number of hydrogen-bond acceptors (Lipinski definition) is 8. The highest BCUT2D eigenvalue weighted by Gasteiger charge is 2.40. The summed E-state index contributed by atoms with van der Waals surface area (Å²) in [7, 11) is 1.65. The molecule has 0 bridgehead atoms. The van der Waals surface area contributed by atoms with E-state index in [4.69, 9.17) is 9.47 Å². The molecule has 3 heterocycles. The van der Waals surface area contributed by atoms with Gasteiger partial charge < -0.3 is 9.47 Å². The number of rotatable bonds is 8. The number of aryl methyl sites for hydroxylation is 2. The van der Waals surface area contributed by atoms with Gasteiger partial charge in [0.1, 0.15) is 11.6 Å². The Morgan fingerprint density at radius 1 is 1.03 bits per heavy atom. The van der Waals surface area contributed by atoms with E-state index >= 15 is 0 Å². The molecule has 0 aliphatic heterocycles. The van der Waals surface area contributed by atoms with Crippen LogP contribution in [0.2, 0.25) is 0 Å². The van der Waals surface area contributed by atoms with E-state index in [-0.39, 0.29) is 0 Å². The summed E-state index contributed by atoms with van der Waals surface area (Å²) in [6.07, 6.45) is 4.64. The number of nitrogens with zero attached hydrogens (tertiary/aromatic N) is 7. The largest absolute Gasteiger partial charge is 0.495 e. The minimum absolute atomic E-state index is 0.408. The minimum Gasteiger partial charge on any atom is -0.495 e. The van der Waals surface area contributed by atoms with E-state index in [0.717, 1.165) is 40.4 Å². The first-order valence-corrected chi connectivity index (χ1v) is 11.0. The van der Waals surface area contributed by atoms with Gasteiger partial charge >= 0.3 is 0 Å². The molecule has 9 heteroatoms. The molecular weight excluding hydrogens is 418 g/mol. The predicted octanol–water partition coefficient (Wildman–Crippen LogP) is 3.71. The fourth-order valence-electron chi connectivity index (χ4n) is 3.89. The Balaban J connectivity index is 1.30. The summed E-state index contributed by atoms with van der Waals surface area (Å²) >= 11 is 0. The molecule has 0 spiro atoms. The summed E-state index contributed by atoms with van der Waals surface area (Å²) in [5, 5.41) is 11.9. The summed E-state index contributed by atoms with van der Waals surface area (Å²) in [5.41, 5.74) is 3.87. The second-order valence-electron chi connectivity index (χ2n) is 8.07. The number of benzene rings is 1. The molecule has 0 radical (unpaired) electrons. The Bertz CT molecular complexity index is 1240. The standard InChI is InChI=1S/C24H25N7O2/c1-4-31-23(28-29-30-31)17-7-5-16(6-8-17)21-13-25-15(2)27-24(21)33-14-18-11-20(18)22-10-9-19(32-3)12-26-22/h5-10,12-13,18,20H,4,11,14H2,1-3H3. The van der Waals surface area contributed by atoms with Crippen LogP contribution in [0.3, 0.4) is 0 Å². The van der Waals surface area contributed by atoms with Crippen molar-refractivity contribution in [3.8, 4) is 34.1 Å². The zero-order valence-corrected chi connectivity index (χ0v) is 18.8. The first-order valence-electron chi connectivity index (χ1n) is 11.0. The molecule has 9 nitrogen and oxygen atoms in total. The zero-order chi connectivity index (χ0) is 22.8. The molecule has 1 fully saturated rings. The van der Waals surface area contributed by atoms with E-state index in [1.165, 1.54) is 0 Å². The lowest BCUT2D eigenvalue weighted by Crippen LogP contribution is -2.05. The third-order valence-electron chi connectivity index (χ3n) is 5.89. The predicted molar refractivity (Wildman–Crippen MR) is 122 cm³/mol. The van der Waals surface area contributed by atoms with E-state index in [1.54, 1.807) is 18.0 Å². The Labute approximate surface area is 191 Å². The molecule has 1 aliphatic carbocycles. The van der Waals surface area contributed by atoms with Crippen LogP contribution in [-0.2, 0) is 6.54 Å². The zero-order valence-electron chi connectivity index (χ0n) is 18.8. The van der Waals surface area contributed by atoms with Gasteiger partial charge in [-0.05, 0) is 48.4 Å². The molecule has 1 saturated carbocycles. The molecule has 168 valence electrons. The van der Waals surface area contributed by atoms with Crippen molar-refractivity contribution in [3.05, 3.63) is 60.3 Å². The highest BCUT2D eigenvalue weighted by Crippen LogP contribution is 2.47. The van der Waals surface area contributed by atoms with Crippen molar-refractivity contribution < 1.29 is 9.47 Å². The van der Waals surface area contributed by atoms with Gasteiger partial charge in [0.2, 0.25) is 5.88 Å². The van der Waals surface area contributed by atoms with Gasteiger partial charge in [0.15, 0.2) is 5.82 Å². The van der Waals surface area contributed by atoms with Gasteiger partial charge in [-0.2, -0.15) is 4.98 Å². The molecule has 5 rings (SSSR count). The number of methoxy groups -OCH3 is 1. The van der Waals surface area contributed by atoms with Gasteiger partial charge in [0.25, 0.3) is 0 Å². The maximum atomic E-state index is 6.19. The molecular formula is C24H25N7O2. The number of hydrogen-bond donors (Lipinski definition) is 0. The maximum Gasteiger partial charge on any atom is 0.224 e. The van der Waals surface area contributed by atoms with Crippen LogP contribution < -0.4 is 9.47 Å². The maximum absolute atomic E-state index is 6.19. The van der Waals surface area contributed by atoms with Crippen molar-refractivity contribution in [1.82, 2.24) is 35.2 Å². The monoisotopic (exact) mass is 443 g/mol. The van der Waals surface area contributed by atoms with Gasteiger partial charge in [-0.1, -0.05) is 24.3 Å². The van der Waals surface area contributed by atoms with Crippen LogP contribution in [0.1, 0.15) is 30.8 Å². The lowest BCUT2D eigenvalue weighted by Gasteiger charge is -2.11. The number of tetrazole rings is 1. The van der Waals surface area contributed by atoms with Crippen molar-refractivity contribution in [2.24, 2.45) is 5.92 Å². The first-order chi connectivity index (χ1) is 16.2. The van der Waals surface area contributed by atoms with Crippen molar-refractivity contribution in [2.75, 3.05) is 13.7 Å². The van der Waals surface area contributed by atoms with Gasteiger partial charge in [-0.15, -0.1) is 5.10 Å². The average molecular weight is 444 g/mol. The third kappa shape index (κ3) is 4.39. The fourth-order valence-corrected chi connectivity index (χ4v) is 3.89. The van der Waals surface area contributed by atoms with E-state index in [0.29, 0.717) is 36.7 Å². The van der Waals surface area contributed by atoms with Crippen LogP contribution in [0.25, 0.3) is 22.5 Å². The summed E-state index contributed by atoms with van der Waals surface area (Å²) in [4.78, 5) is 13.5. The van der Waals surface area contributed by atoms with Crippen LogP contribution in [0.4, 0.5) is 0 Å². The molecule has 4 aromatic rings. The highest BCUT2D eigenvalue weighted by atomic mass is 16.5. The minimum atomic E-state index is 0.408. The normalized spacial score (nSPS) is 17.1. The molecule has 1 aromatic carbocycles. The van der Waals surface area contributed by atoms with Crippen LogP contribution in [0.15, 0.2) is 48.8 Å². The van der Waals surface area contributed by atoms with E-state index in [2.05, 4.69) is 30.5 Å².